The second-order valence-electron chi connectivity index (χ2n) is 5.73. The van der Waals surface area contributed by atoms with Gasteiger partial charge in [-0.25, -0.2) is 0 Å². The molecule has 0 aliphatic carbocycles. The third-order valence-electron chi connectivity index (χ3n) is 4.06. The van der Waals surface area contributed by atoms with Crippen LogP contribution < -0.4 is 5.32 Å². The van der Waals surface area contributed by atoms with Gasteiger partial charge in [-0.05, 0) is 43.7 Å². The van der Waals surface area contributed by atoms with Crippen molar-refractivity contribution >= 4 is 17.5 Å². The maximum absolute atomic E-state index is 12.8. The van der Waals surface area contributed by atoms with Crippen LogP contribution in [0.15, 0.2) is 34.9 Å². The number of carbonyl (C=O) groups excluding carboxylic acids is 1. The largest absolute Gasteiger partial charge is 0.355 e. The van der Waals surface area contributed by atoms with Crippen molar-refractivity contribution in [3.05, 3.63) is 41.0 Å². The Morgan fingerprint density at radius 3 is 2.87 bits per heavy atom. The number of carbonyl (C=O) groups is 1. The summed E-state index contributed by atoms with van der Waals surface area (Å²) < 4.78 is 5.35. The van der Waals surface area contributed by atoms with E-state index in [1.165, 1.54) is 0 Å². The van der Waals surface area contributed by atoms with E-state index in [-0.39, 0.29) is 11.9 Å². The molecule has 0 bridgehead atoms. The fraction of sp³-hybridized carbons (Fsp3) is 0.412. The number of hydrogen-bond acceptors (Lipinski definition) is 4. The van der Waals surface area contributed by atoms with Gasteiger partial charge in [0.05, 0.1) is 0 Å². The molecule has 0 radical (unpaired) electrons. The van der Waals surface area contributed by atoms with Gasteiger partial charge in [0, 0.05) is 35.8 Å². The van der Waals surface area contributed by atoms with Crippen LogP contribution in [0.25, 0.3) is 11.3 Å². The molecule has 5 nitrogen and oxygen atoms in total. The monoisotopic (exact) mass is 333 g/mol. The molecule has 122 valence electrons. The van der Waals surface area contributed by atoms with E-state index in [0.717, 1.165) is 38.0 Å². The van der Waals surface area contributed by atoms with Crippen LogP contribution in [0.2, 0.25) is 5.02 Å². The van der Waals surface area contributed by atoms with Gasteiger partial charge < -0.3 is 14.7 Å². The summed E-state index contributed by atoms with van der Waals surface area (Å²) in [6.07, 6.45) is 1.90. The van der Waals surface area contributed by atoms with Crippen molar-refractivity contribution in [2.75, 3.05) is 19.6 Å². The lowest BCUT2D eigenvalue weighted by atomic mass is 10.1. The van der Waals surface area contributed by atoms with E-state index in [4.69, 9.17) is 16.1 Å². The quantitative estimate of drug-likeness (QED) is 0.912. The highest BCUT2D eigenvalue weighted by molar-refractivity contribution is 6.30. The van der Waals surface area contributed by atoms with Crippen molar-refractivity contribution in [3.8, 4) is 11.3 Å². The number of nitrogens with zero attached hydrogens (tertiary/aromatic N) is 2. The average molecular weight is 334 g/mol. The highest BCUT2D eigenvalue weighted by Crippen LogP contribution is 2.23. The average Bonchev–Trinajstić information content (AvgIpc) is 3.24. The van der Waals surface area contributed by atoms with E-state index in [1.807, 2.05) is 17.0 Å². The van der Waals surface area contributed by atoms with Gasteiger partial charge in [-0.15, -0.1) is 0 Å². The number of nitrogens with one attached hydrogen (secondary N) is 1. The third-order valence-corrected chi connectivity index (χ3v) is 4.31. The molecule has 1 aromatic carbocycles. The summed E-state index contributed by atoms with van der Waals surface area (Å²) in [5, 5.41) is 7.93. The Kier molecular flexibility index (Phi) is 4.98. The lowest BCUT2D eigenvalue weighted by Crippen LogP contribution is -2.42. The molecule has 1 unspecified atom stereocenters. The maximum atomic E-state index is 12.8. The highest BCUT2D eigenvalue weighted by Gasteiger charge is 2.28. The van der Waals surface area contributed by atoms with Gasteiger partial charge in [-0.2, -0.15) is 0 Å². The molecule has 1 fully saturated rings. The van der Waals surface area contributed by atoms with Gasteiger partial charge in [0.15, 0.2) is 11.5 Å². The van der Waals surface area contributed by atoms with Crippen molar-refractivity contribution in [2.45, 2.75) is 25.8 Å². The minimum Gasteiger partial charge on any atom is -0.355 e. The summed E-state index contributed by atoms with van der Waals surface area (Å²) in [6, 6.07) is 9.21. The first kappa shape index (κ1) is 16.0. The van der Waals surface area contributed by atoms with Gasteiger partial charge >= 0.3 is 0 Å². The number of amides is 1. The second-order valence-corrected chi connectivity index (χ2v) is 6.16. The zero-order valence-electron chi connectivity index (χ0n) is 13.1. The molecule has 1 amide bonds. The summed E-state index contributed by atoms with van der Waals surface area (Å²) in [5.41, 5.74) is 1.21. The molecular weight excluding hydrogens is 314 g/mol. The minimum absolute atomic E-state index is 0.0653. The number of halogens is 1. The zero-order valence-corrected chi connectivity index (χ0v) is 13.8. The molecule has 1 aromatic heterocycles. The van der Waals surface area contributed by atoms with Crippen molar-refractivity contribution in [2.24, 2.45) is 0 Å². The van der Waals surface area contributed by atoms with Crippen molar-refractivity contribution in [1.82, 2.24) is 15.4 Å². The second kappa shape index (κ2) is 7.15. The fourth-order valence-corrected chi connectivity index (χ4v) is 3.00. The number of aromatic nitrogens is 1. The Balaban J connectivity index is 1.80. The Labute approximate surface area is 140 Å². The Bertz CT molecular complexity index is 663. The molecule has 2 heterocycles. The maximum Gasteiger partial charge on any atom is 0.276 e. The molecule has 0 spiro atoms. The standard InChI is InChI=1S/C17H20ClN3O2/c1-2-9-21(14-7-8-19-11-14)17(22)15-10-16(23-20-15)12-3-5-13(18)6-4-12/h3-6,10,14,19H,2,7-9,11H2,1H3. The Morgan fingerprint density at radius 2 is 2.22 bits per heavy atom. The lowest BCUT2D eigenvalue weighted by molar-refractivity contribution is 0.0681. The fourth-order valence-electron chi connectivity index (χ4n) is 2.87. The Hall–Kier alpha value is -1.85. The van der Waals surface area contributed by atoms with Crippen LogP contribution in [-0.4, -0.2) is 41.6 Å². The molecule has 1 aliphatic rings. The van der Waals surface area contributed by atoms with Gasteiger partial charge in [-0.3, -0.25) is 4.79 Å². The number of rotatable bonds is 5. The van der Waals surface area contributed by atoms with Crippen LogP contribution in [0.4, 0.5) is 0 Å². The highest BCUT2D eigenvalue weighted by atomic mass is 35.5. The molecule has 0 saturated carbocycles. The van der Waals surface area contributed by atoms with Gasteiger partial charge in [-0.1, -0.05) is 23.7 Å². The predicted octanol–water partition coefficient (Wildman–Crippen LogP) is 3.21. The SMILES string of the molecule is CCCN(C(=O)c1cc(-c2ccc(Cl)cc2)on1)C1CCNC1. The first-order valence-corrected chi connectivity index (χ1v) is 8.31. The molecule has 23 heavy (non-hydrogen) atoms. The summed E-state index contributed by atoms with van der Waals surface area (Å²) in [4.78, 5) is 14.7. The normalized spacial score (nSPS) is 17.4. The topological polar surface area (TPSA) is 58.4 Å². The first-order valence-electron chi connectivity index (χ1n) is 7.93. The van der Waals surface area contributed by atoms with E-state index in [2.05, 4.69) is 17.4 Å². The van der Waals surface area contributed by atoms with E-state index in [1.54, 1.807) is 18.2 Å². The van der Waals surface area contributed by atoms with Crippen molar-refractivity contribution < 1.29 is 9.32 Å². The van der Waals surface area contributed by atoms with Crippen LogP contribution >= 0.6 is 11.6 Å². The lowest BCUT2D eigenvalue weighted by Gasteiger charge is -2.27. The van der Waals surface area contributed by atoms with Crippen LogP contribution in [0.1, 0.15) is 30.3 Å². The van der Waals surface area contributed by atoms with E-state index in [0.29, 0.717) is 16.5 Å². The molecule has 1 aliphatic heterocycles. The molecular formula is C17H20ClN3O2. The molecule has 6 heteroatoms. The summed E-state index contributed by atoms with van der Waals surface area (Å²) in [7, 11) is 0. The van der Waals surface area contributed by atoms with Gasteiger partial charge in [0.1, 0.15) is 0 Å². The summed E-state index contributed by atoms with van der Waals surface area (Å²) in [5.74, 6) is 0.510. The third kappa shape index (κ3) is 3.57. The predicted molar refractivity (Wildman–Crippen MR) is 89.6 cm³/mol. The van der Waals surface area contributed by atoms with Crippen LogP contribution in [0.3, 0.4) is 0 Å². The number of benzene rings is 1. The van der Waals surface area contributed by atoms with Crippen LogP contribution in [0, 0.1) is 0 Å². The van der Waals surface area contributed by atoms with E-state index < -0.39 is 0 Å². The van der Waals surface area contributed by atoms with E-state index in [9.17, 15) is 4.79 Å². The van der Waals surface area contributed by atoms with Crippen LogP contribution in [-0.2, 0) is 0 Å². The van der Waals surface area contributed by atoms with Crippen molar-refractivity contribution in [3.63, 3.8) is 0 Å². The molecule has 1 atom stereocenters. The zero-order chi connectivity index (χ0) is 16.2. The number of hydrogen-bond donors (Lipinski definition) is 1. The molecule has 3 rings (SSSR count). The molecule has 1 N–H and O–H groups in total. The molecule has 1 saturated heterocycles. The minimum atomic E-state index is -0.0653. The van der Waals surface area contributed by atoms with Crippen LogP contribution in [0.5, 0.6) is 0 Å². The van der Waals surface area contributed by atoms with Gasteiger partial charge in [0.25, 0.3) is 5.91 Å². The van der Waals surface area contributed by atoms with E-state index >= 15 is 0 Å². The first-order chi connectivity index (χ1) is 11.2. The summed E-state index contributed by atoms with van der Waals surface area (Å²) in [6.45, 7) is 4.60. The Morgan fingerprint density at radius 1 is 1.43 bits per heavy atom. The summed E-state index contributed by atoms with van der Waals surface area (Å²) >= 11 is 5.89. The van der Waals surface area contributed by atoms with Gasteiger partial charge in [0.2, 0.25) is 0 Å². The molecule has 2 aromatic rings. The smallest absolute Gasteiger partial charge is 0.276 e. The van der Waals surface area contributed by atoms with Crippen molar-refractivity contribution in [1.29, 1.82) is 0 Å².